The van der Waals surface area contributed by atoms with E-state index in [2.05, 4.69) is 25.1 Å². The van der Waals surface area contributed by atoms with Crippen LogP contribution in [0.1, 0.15) is 46.0 Å². The molecule has 11 nitrogen and oxygen atoms in total. The molecule has 2 aliphatic rings. The van der Waals surface area contributed by atoms with Crippen molar-refractivity contribution in [3.8, 4) is 5.69 Å². The van der Waals surface area contributed by atoms with E-state index in [4.69, 9.17) is 4.74 Å². The lowest BCUT2D eigenvalue weighted by atomic mass is 9.95. The van der Waals surface area contributed by atoms with Gasteiger partial charge < -0.3 is 9.84 Å². The van der Waals surface area contributed by atoms with E-state index in [1.165, 1.54) is 23.1 Å². The monoisotopic (exact) mass is 498 g/mol. The molecule has 0 bridgehead atoms. The first kappa shape index (κ1) is 23.5. The van der Waals surface area contributed by atoms with Gasteiger partial charge in [0.1, 0.15) is 12.9 Å². The Morgan fingerprint density at radius 2 is 2.03 bits per heavy atom. The molecule has 184 valence electrons. The number of aromatic nitrogens is 4. The van der Waals surface area contributed by atoms with Crippen molar-refractivity contribution in [3.05, 3.63) is 65.0 Å². The second kappa shape index (κ2) is 9.46. The number of nitrogens with zero attached hydrogens (tertiary/aromatic N) is 5. The lowest BCUT2D eigenvalue weighted by molar-refractivity contribution is 0.0535. The van der Waals surface area contributed by atoms with E-state index < -0.39 is 16.1 Å². The summed E-state index contributed by atoms with van der Waals surface area (Å²) in [7, 11) is -3.70. The number of carbonyl (C=O) groups is 1. The predicted octanol–water partition coefficient (Wildman–Crippen LogP) is 1.12. The van der Waals surface area contributed by atoms with E-state index in [0.717, 1.165) is 36.1 Å². The number of esters is 1. The van der Waals surface area contributed by atoms with Crippen LogP contribution in [0, 0.1) is 6.92 Å². The third-order valence-electron chi connectivity index (χ3n) is 6.74. The number of nitrogens with one attached hydrogen (secondary N) is 1. The Morgan fingerprint density at radius 3 is 2.77 bits per heavy atom. The van der Waals surface area contributed by atoms with E-state index in [0.29, 0.717) is 17.8 Å². The van der Waals surface area contributed by atoms with Crippen molar-refractivity contribution < 1.29 is 23.1 Å². The second-order valence-electron chi connectivity index (χ2n) is 8.79. The van der Waals surface area contributed by atoms with Crippen molar-refractivity contribution in [1.82, 2.24) is 29.8 Å². The summed E-state index contributed by atoms with van der Waals surface area (Å²) >= 11 is 0. The fourth-order valence-electron chi connectivity index (χ4n) is 4.76. The molecule has 3 aromatic rings. The van der Waals surface area contributed by atoms with Crippen LogP contribution in [0.3, 0.4) is 0 Å². The molecule has 2 aromatic carbocycles. The van der Waals surface area contributed by atoms with E-state index in [1.807, 2.05) is 6.92 Å². The predicted molar refractivity (Wildman–Crippen MR) is 124 cm³/mol. The van der Waals surface area contributed by atoms with Gasteiger partial charge in [0.25, 0.3) is 0 Å². The molecule has 0 saturated carbocycles. The van der Waals surface area contributed by atoms with Crippen LogP contribution in [-0.4, -0.2) is 70.3 Å². The molecule has 1 unspecified atom stereocenters. The number of tetrazole rings is 1. The second-order valence-corrected chi connectivity index (χ2v) is 10.6. The normalized spacial score (nSPS) is 19.0. The van der Waals surface area contributed by atoms with Crippen LogP contribution in [0.15, 0.2) is 47.6 Å². The summed E-state index contributed by atoms with van der Waals surface area (Å²) in [5.74, 6) is -0.332. The lowest BCUT2D eigenvalue weighted by Crippen LogP contribution is -2.41. The molecule has 3 heterocycles. The van der Waals surface area contributed by atoms with Crippen molar-refractivity contribution in [2.45, 2.75) is 43.4 Å². The Morgan fingerprint density at radius 1 is 1.23 bits per heavy atom. The van der Waals surface area contributed by atoms with Gasteiger partial charge in [0.15, 0.2) is 0 Å². The summed E-state index contributed by atoms with van der Waals surface area (Å²) in [5, 5.41) is 21.9. The highest BCUT2D eigenvalue weighted by Gasteiger charge is 2.30. The van der Waals surface area contributed by atoms with Gasteiger partial charge in [-0.05, 0) is 78.2 Å². The van der Waals surface area contributed by atoms with Gasteiger partial charge in [-0.2, -0.15) is 0 Å². The Bertz CT molecular complexity index is 1330. The Labute approximate surface area is 202 Å². The third-order valence-corrected chi connectivity index (χ3v) is 8.18. The summed E-state index contributed by atoms with van der Waals surface area (Å²) in [4.78, 5) is 14.1. The van der Waals surface area contributed by atoms with Gasteiger partial charge in [-0.3, -0.25) is 4.90 Å². The van der Waals surface area contributed by atoms with E-state index in [-0.39, 0.29) is 30.1 Å². The molecule has 5 rings (SSSR count). The van der Waals surface area contributed by atoms with Gasteiger partial charge in [-0.15, -0.1) is 5.10 Å². The number of rotatable bonds is 8. The van der Waals surface area contributed by atoms with Gasteiger partial charge in [-0.1, -0.05) is 6.07 Å². The Hall–Kier alpha value is -3.19. The molecule has 2 atom stereocenters. The minimum absolute atomic E-state index is 0.0282. The van der Waals surface area contributed by atoms with Crippen LogP contribution in [-0.2, 0) is 21.4 Å². The van der Waals surface area contributed by atoms with E-state index >= 15 is 0 Å². The molecule has 35 heavy (non-hydrogen) atoms. The van der Waals surface area contributed by atoms with Crippen molar-refractivity contribution in [2.75, 3.05) is 19.6 Å². The van der Waals surface area contributed by atoms with Gasteiger partial charge >= 0.3 is 5.97 Å². The number of sulfonamides is 1. The number of hydrogen-bond acceptors (Lipinski definition) is 9. The first-order valence-corrected chi connectivity index (χ1v) is 12.9. The summed E-state index contributed by atoms with van der Waals surface area (Å²) in [5.41, 5.74) is 3.65. The molecule has 0 aliphatic carbocycles. The number of fused-ring (bicyclic) bond motifs is 1. The Kier molecular flexibility index (Phi) is 6.36. The summed E-state index contributed by atoms with van der Waals surface area (Å²) in [6.07, 6.45) is 2.43. The highest BCUT2D eigenvalue weighted by Crippen LogP contribution is 2.30. The molecule has 2 N–H and O–H groups in total. The zero-order valence-electron chi connectivity index (χ0n) is 19.2. The van der Waals surface area contributed by atoms with Gasteiger partial charge in [0.2, 0.25) is 10.0 Å². The van der Waals surface area contributed by atoms with Crippen LogP contribution in [0.25, 0.3) is 5.69 Å². The number of likely N-dealkylation sites (tertiary alicyclic amines) is 1. The number of cyclic esters (lactones) is 1. The highest BCUT2D eigenvalue weighted by atomic mass is 32.2. The SMILES string of the molecule is Cc1c([C@@H](O)CN2CCCC2CNS(=O)(=O)c2ccc(-n3cnnn3)cc2)ccc2c1COC2=O. The fraction of sp³-hybridized carbons (Fsp3) is 0.391. The molecule has 12 heteroatoms. The molecule has 1 fully saturated rings. The number of hydrogen-bond donors (Lipinski definition) is 2. The average Bonchev–Trinajstić information content (AvgIpc) is 3.61. The number of β-amino-alcohol motifs (C(OH)–C–C–N with tert-alkyl or cyclic N) is 1. The fourth-order valence-corrected chi connectivity index (χ4v) is 5.84. The molecule has 0 radical (unpaired) electrons. The largest absolute Gasteiger partial charge is 0.457 e. The highest BCUT2D eigenvalue weighted by molar-refractivity contribution is 7.89. The smallest absolute Gasteiger partial charge is 0.338 e. The van der Waals surface area contributed by atoms with Crippen molar-refractivity contribution in [3.63, 3.8) is 0 Å². The molecule has 1 aromatic heterocycles. The third kappa shape index (κ3) is 4.69. The average molecular weight is 499 g/mol. The van der Waals surface area contributed by atoms with Crippen LogP contribution >= 0.6 is 0 Å². The number of carbonyl (C=O) groups excluding carboxylic acids is 1. The zero-order chi connectivity index (χ0) is 24.6. The van der Waals surface area contributed by atoms with Crippen molar-refractivity contribution >= 4 is 16.0 Å². The van der Waals surface area contributed by atoms with Crippen LogP contribution in [0.5, 0.6) is 0 Å². The maximum absolute atomic E-state index is 12.9. The van der Waals surface area contributed by atoms with E-state index in [1.54, 1.807) is 24.3 Å². The number of ether oxygens (including phenoxy) is 1. The number of aliphatic hydroxyl groups excluding tert-OH is 1. The lowest BCUT2D eigenvalue weighted by Gasteiger charge is -2.28. The zero-order valence-corrected chi connectivity index (χ0v) is 20.0. The maximum atomic E-state index is 12.9. The first-order valence-electron chi connectivity index (χ1n) is 11.4. The molecule has 1 saturated heterocycles. The number of benzene rings is 2. The van der Waals surface area contributed by atoms with Crippen molar-refractivity contribution in [2.24, 2.45) is 0 Å². The van der Waals surface area contributed by atoms with Gasteiger partial charge in [0.05, 0.1) is 22.3 Å². The molecular weight excluding hydrogens is 472 g/mol. The standard InChI is InChI=1S/C23H26N6O5S/c1-15-19(8-9-20-21(15)13-34-23(20)31)22(30)12-28-10-2-3-17(28)11-25-35(32,33)18-6-4-16(5-7-18)29-14-24-26-27-29/h4-9,14,17,22,25,30H,2-3,10-13H2,1H3/t17?,22-/m0/s1. The van der Waals surface area contributed by atoms with Crippen LogP contribution in [0.4, 0.5) is 0 Å². The van der Waals surface area contributed by atoms with Gasteiger partial charge in [-0.25, -0.2) is 22.6 Å². The molecule has 0 spiro atoms. The Balaban J connectivity index is 1.22. The van der Waals surface area contributed by atoms with E-state index in [9.17, 15) is 18.3 Å². The van der Waals surface area contributed by atoms with Crippen molar-refractivity contribution in [1.29, 1.82) is 0 Å². The summed E-state index contributed by atoms with van der Waals surface area (Å²) in [6.45, 7) is 3.51. The minimum Gasteiger partial charge on any atom is -0.457 e. The summed E-state index contributed by atoms with van der Waals surface area (Å²) < 4.78 is 35.0. The first-order chi connectivity index (χ1) is 16.8. The molecular formula is C23H26N6O5S. The minimum atomic E-state index is -3.70. The topological polar surface area (TPSA) is 140 Å². The molecule has 0 amide bonds. The maximum Gasteiger partial charge on any atom is 0.338 e. The molecule has 2 aliphatic heterocycles. The number of aliphatic hydroxyl groups is 1. The quantitative estimate of drug-likeness (QED) is 0.437. The summed E-state index contributed by atoms with van der Waals surface area (Å²) in [6, 6.07) is 9.76. The van der Waals surface area contributed by atoms with Gasteiger partial charge in [0, 0.05) is 24.7 Å². The van der Waals surface area contributed by atoms with Crippen LogP contribution < -0.4 is 4.72 Å². The van der Waals surface area contributed by atoms with Crippen LogP contribution in [0.2, 0.25) is 0 Å².